The molecule has 1 atom stereocenters. The Labute approximate surface area is 182 Å². The Balaban J connectivity index is 1.40. The van der Waals surface area contributed by atoms with E-state index in [2.05, 4.69) is 17.2 Å². The molecule has 0 fully saturated rings. The molecule has 0 aliphatic carbocycles. The highest BCUT2D eigenvalue weighted by Gasteiger charge is 2.21. The van der Waals surface area contributed by atoms with Gasteiger partial charge in [0.15, 0.2) is 6.10 Å². The fraction of sp³-hybridized carbons (Fsp3) is 0.174. The van der Waals surface area contributed by atoms with E-state index in [1.54, 1.807) is 24.3 Å². The molecule has 0 radical (unpaired) electrons. The summed E-state index contributed by atoms with van der Waals surface area (Å²) in [6, 6.07) is 19.1. The number of nitrogens with zero attached hydrogens (tertiary/aromatic N) is 1. The van der Waals surface area contributed by atoms with Crippen LogP contribution >= 0.6 is 22.7 Å². The number of thiazole rings is 1. The molecule has 0 saturated carbocycles. The van der Waals surface area contributed by atoms with Crippen molar-refractivity contribution in [2.45, 2.75) is 26.4 Å². The van der Waals surface area contributed by atoms with Crippen LogP contribution in [0, 0.1) is 0 Å². The molecule has 2 aromatic heterocycles. The molecule has 30 heavy (non-hydrogen) atoms. The van der Waals surface area contributed by atoms with Gasteiger partial charge in [-0.05, 0) is 55.3 Å². The number of para-hydroxylation sites is 1. The highest BCUT2D eigenvalue weighted by Crippen LogP contribution is 2.34. The number of aryl methyl sites for hydroxylation is 1. The van der Waals surface area contributed by atoms with Crippen LogP contribution in [-0.4, -0.2) is 23.0 Å². The predicted octanol–water partition coefficient (Wildman–Crippen LogP) is 5.77. The summed E-state index contributed by atoms with van der Waals surface area (Å²) in [6.07, 6.45) is 0.0264. The van der Waals surface area contributed by atoms with Gasteiger partial charge in [0.1, 0.15) is 9.88 Å². The van der Waals surface area contributed by atoms with Crippen molar-refractivity contribution in [3.63, 3.8) is 0 Å². The van der Waals surface area contributed by atoms with E-state index < -0.39 is 12.1 Å². The zero-order chi connectivity index (χ0) is 21.1. The van der Waals surface area contributed by atoms with Crippen molar-refractivity contribution in [2.75, 3.05) is 5.32 Å². The number of rotatable bonds is 6. The van der Waals surface area contributed by atoms with Crippen LogP contribution in [0.25, 0.3) is 20.1 Å². The van der Waals surface area contributed by atoms with E-state index in [1.165, 1.54) is 16.9 Å². The second-order valence-electron chi connectivity index (χ2n) is 6.74. The Kier molecular flexibility index (Phi) is 5.92. The first-order chi connectivity index (χ1) is 14.5. The van der Waals surface area contributed by atoms with Crippen LogP contribution in [0.5, 0.6) is 0 Å². The lowest BCUT2D eigenvalue weighted by Gasteiger charge is -2.13. The normalized spacial score (nSPS) is 11.9. The number of aromatic nitrogens is 1. The monoisotopic (exact) mass is 436 g/mol. The number of fused-ring (bicyclic) bond motifs is 1. The number of amides is 1. The molecule has 1 N–H and O–H groups in total. The van der Waals surface area contributed by atoms with E-state index in [0.717, 1.165) is 26.5 Å². The van der Waals surface area contributed by atoms with E-state index in [0.29, 0.717) is 10.6 Å². The van der Waals surface area contributed by atoms with Crippen molar-refractivity contribution in [1.29, 1.82) is 0 Å². The van der Waals surface area contributed by atoms with Gasteiger partial charge in [-0.1, -0.05) is 31.2 Å². The number of thiophene rings is 1. The maximum absolute atomic E-state index is 12.5. The smallest absolute Gasteiger partial charge is 0.349 e. The molecule has 0 spiro atoms. The lowest BCUT2D eigenvalue weighted by molar-refractivity contribution is -0.123. The SMILES string of the molecule is CCc1ccc(NC(=O)C(C)OC(=O)c2ccc(-c3nc4ccccc4s3)s2)cc1. The average molecular weight is 437 g/mol. The molecule has 1 unspecified atom stereocenters. The summed E-state index contributed by atoms with van der Waals surface area (Å²) in [4.78, 5) is 30.8. The van der Waals surface area contributed by atoms with Crippen LogP contribution in [0.1, 0.15) is 29.1 Å². The number of hydrogen-bond acceptors (Lipinski definition) is 6. The standard InChI is InChI=1S/C23H20N2O3S2/c1-3-15-8-10-16(11-9-15)24-21(26)14(2)28-23(27)20-13-12-19(29-20)22-25-17-6-4-5-7-18(17)30-22/h4-14H,3H2,1-2H3,(H,24,26). The summed E-state index contributed by atoms with van der Waals surface area (Å²) in [5, 5.41) is 3.64. The molecule has 0 aliphatic heterocycles. The van der Waals surface area contributed by atoms with Gasteiger partial charge >= 0.3 is 5.97 Å². The molecule has 7 heteroatoms. The van der Waals surface area contributed by atoms with Gasteiger partial charge in [-0.3, -0.25) is 4.79 Å². The molecule has 0 saturated heterocycles. The Hall–Kier alpha value is -3.03. The number of hydrogen-bond donors (Lipinski definition) is 1. The second-order valence-corrected chi connectivity index (χ2v) is 8.85. The van der Waals surface area contributed by atoms with Crippen molar-refractivity contribution >= 4 is 50.5 Å². The van der Waals surface area contributed by atoms with E-state index >= 15 is 0 Å². The largest absolute Gasteiger partial charge is 0.448 e. The van der Waals surface area contributed by atoms with Gasteiger partial charge in [0.2, 0.25) is 0 Å². The topological polar surface area (TPSA) is 68.3 Å². The van der Waals surface area contributed by atoms with E-state index in [9.17, 15) is 9.59 Å². The molecular formula is C23H20N2O3S2. The van der Waals surface area contributed by atoms with E-state index in [-0.39, 0.29) is 5.91 Å². The van der Waals surface area contributed by atoms with E-state index in [1.807, 2.05) is 54.6 Å². The molecule has 2 heterocycles. The summed E-state index contributed by atoms with van der Waals surface area (Å²) in [6.45, 7) is 3.64. The molecule has 1 amide bonds. The highest BCUT2D eigenvalue weighted by molar-refractivity contribution is 7.26. The Morgan fingerprint density at radius 1 is 1.03 bits per heavy atom. The average Bonchev–Trinajstić information content (AvgIpc) is 3.41. The lowest BCUT2D eigenvalue weighted by atomic mass is 10.1. The number of ether oxygens (including phenoxy) is 1. The molecule has 5 nitrogen and oxygen atoms in total. The molecular weight excluding hydrogens is 416 g/mol. The highest BCUT2D eigenvalue weighted by atomic mass is 32.1. The number of nitrogens with one attached hydrogen (secondary N) is 1. The van der Waals surface area contributed by atoms with Crippen LogP contribution in [-0.2, 0) is 16.0 Å². The van der Waals surface area contributed by atoms with Crippen LogP contribution in [0.4, 0.5) is 5.69 Å². The van der Waals surface area contributed by atoms with Crippen molar-refractivity contribution in [3.05, 3.63) is 71.1 Å². The van der Waals surface area contributed by atoms with Gasteiger partial charge in [-0.15, -0.1) is 22.7 Å². The lowest BCUT2D eigenvalue weighted by Crippen LogP contribution is -2.29. The van der Waals surface area contributed by atoms with Crippen molar-refractivity contribution in [1.82, 2.24) is 4.98 Å². The van der Waals surface area contributed by atoms with Crippen LogP contribution < -0.4 is 5.32 Å². The molecule has 0 bridgehead atoms. The fourth-order valence-corrected chi connectivity index (χ4v) is 4.79. The summed E-state index contributed by atoms with van der Waals surface area (Å²) >= 11 is 2.89. The number of esters is 1. The van der Waals surface area contributed by atoms with Crippen LogP contribution in [0.15, 0.2) is 60.7 Å². The number of carbonyl (C=O) groups is 2. The summed E-state index contributed by atoms with van der Waals surface area (Å²) in [5.74, 6) is -0.883. The first-order valence-corrected chi connectivity index (χ1v) is 11.2. The minimum Gasteiger partial charge on any atom is -0.448 e. The Morgan fingerprint density at radius 2 is 1.80 bits per heavy atom. The zero-order valence-electron chi connectivity index (χ0n) is 16.5. The summed E-state index contributed by atoms with van der Waals surface area (Å²) in [5.41, 5.74) is 2.80. The first-order valence-electron chi connectivity index (χ1n) is 9.60. The van der Waals surface area contributed by atoms with Gasteiger partial charge in [-0.25, -0.2) is 9.78 Å². The van der Waals surface area contributed by atoms with E-state index in [4.69, 9.17) is 4.74 Å². The molecule has 2 aromatic carbocycles. The maximum atomic E-state index is 12.5. The van der Waals surface area contributed by atoms with Crippen LogP contribution in [0.2, 0.25) is 0 Å². The number of anilines is 1. The van der Waals surface area contributed by atoms with Gasteiger partial charge in [0.05, 0.1) is 15.1 Å². The Morgan fingerprint density at radius 3 is 2.53 bits per heavy atom. The third kappa shape index (κ3) is 4.42. The fourth-order valence-electron chi connectivity index (χ4n) is 2.88. The van der Waals surface area contributed by atoms with Gasteiger partial charge in [-0.2, -0.15) is 0 Å². The zero-order valence-corrected chi connectivity index (χ0v) is 18.2. The Bertz CT molecular complexity index is 1160. The number of benzene rings is 2. The first kappa shape index (κ1) is 20.3. The summed E-state index contributed by atoms with van der Waals surface area (Å²) in [7, 11) is 0. The quantitative estimate of drug-likeness (QED) is 0.390. The maximum Gasteiger partial charge on any atom is 0.349 e. The van der Waals surface area contributed by atoms with Crippen molar-refractivity contribution in [2.24, 2.45) is 0 Å². The van der Waals surface area contributed by atoms with Gasteiger partial charge in [0, 0.05) is 5.69 Å². The number of carbonyl (C=O) groups excluding carboxylic acids is 2. The predicted molar refractivity (Wildman–Crippen MR) is 122 cm³/mol. The molecule has 152 valence electrons. The molecule has 4 aromatic rings. The second kappa shape index (κ2) is 8.77. The van der Waals surface area contributed by atoms with Gasteiger partial charge < -0.3 is 10.1 Å². The van der Waals surface area contributed by atoms with Gasteiger partial charge in [0.25, 0.3) is 5.91 Å². The minimum absolute atomic E-state index is 0.365. The molecule has 4 rings (SSSR count). The molecule has 0 aliphatic rings. The van der Waals surface area contributed by atoms with Crippen molar-refractivity contribution in [3.8, 4) is 9.88 Å². The third-order valence-corrected chi connectivity index (χ3v) is 6.87. The third-order valence-electron chi connectivity index (χ3n) is 4.59. The minimum atomic E-state index is -0.906. The van der Waals surface area contributed by atoms with Crippen molar-refractivity contribution < 1.29 is 14.3 Å². The van der Waals surface area contributed by atoms with Crippen LogP contribution in [0.3, 0.4) is 0 Å². The summed E-state index contributed by atoms with van der Waals surface area (Å²) < 4.78 is 6.47.